The molecule has 0 aromatic carbocycles. The Labute approximate surface area is 126 Å². The molecule has 5 nitrogen and oxygen atoms in total. The molecule has 5 heteroatoms. The summed E-state index contributed by atoms with van der Waals surface area (Å²) < 4.78 is 0. The number of nitrogens with zero attached hydrogens (tertiary/aromatic N) is 1. The van der Waals surface area contributed by atoms with Gasteiger partial charge in [-0.25, -0.2) is 4.79 Å². The first-order chi connectivity index (χ1) is 10.1. The Morgan fingerprint density at radius 2 is 2.00 bits per heavy atom. The number of aliphatic hydroxyl groups is 1. The molecule has 0 saturated heterocycles. The van der Waals surface area contributed by atoms with Gasteiger partial charge in [-0.15, -0.1) is 0 Å². The van der Waals surface area contributed by atoms with E-state index in [9.17, 15) is 9.90 Å². The smallest absolute Gasteiger partial charge is 0.315 e. The second-order valence-electron chi connectivity index (χ2n) is 5.94. The van der Waals surface area contributed by atoms with Crippen LogP contribution in [0.1, 0.15) is 49.8 Å². The van der Waals surface area contributed by atoms with Gasteiger partial charge in [-0.05, 0) is 31.4 Å². The molecule has 1 aromatic heterocycles. The first-order valence-electron chi connectivity index (χ1n) is 7.74. The van der Waals surface area contributed by atoms with Crippen molar-refractivity contribution in [1.82, 2.24) is 15.6 Å². The maximum absolute atomic E-state index is 11.8. The Bertz CT molecular complexity index is 468. The van der Waals surface area contributed by atoms with Crippen LogP contribution < -0.4 is 10.6 Å². The quantitative estimate of drug-likeness (QED) is 0.745. The van der Waals surface area contributed by atoms with E-state index in [0.717, 1.165) is 36.9 Å². The van der Waals surface area contributed by atoms with Crippen LogP contribution in [0.15, 0.2) is 18.3 Å². The van der Waals surface area contributed by atoms with E-state index in [1.165, 1.54) is 12.8 Å². The minimum absolute atomic E-state index is 0.252. The molecule has 21 heavy (non-hydrogen) atoms. The van der Waals surface area contributed by atoms with Gasteiger partial charge in [-0.2, -0.15) is 0 Å². The summed E-state index contributed by atoms with van der Waals surface area (Å²) in [5.74, 6) is 0. The highest BCUT2D eigenvalue weighted by atomic mass is 16.3. The van der Waals surface area contributed by atoms with Crippen LogP contribution in [-0.4, -0.2) is 28.3 Å². The van der Waals surface area contributed by atoms with E-state index in [2.05, 4.69) is 15.6 Å². The Kier molecular flexibility index (Phi) is 5.56. The van der Waals surface area contributed by atoms with Crippen LogP contribution in [-0.2, 0) is 6.54 Å². The molecule has 0 aliphatic heterocycles. The third-order valence-electron chi connectivity index (χ3n) is 4.15. The molecule has 2 amide bonds. The number of carbonyl (C=O) groups is 1. The predicted octanol–water partition coefficient (Wildman–Crippen LogP) is 2.27. The van der Waals surface area contributed by atoms with Gasteiger partial charge >= 0.3 is 6.03 Å². The van der Waals surface area contributed by atoms with Crippen LogP contribution in [0.5, 0.6) is 0 Å². The Morgan fingerprint density at radius 1 is 1.29 bits per heavy atom. The summed E-state index contributed by atoms with van der Waals surface area (Å²) in [5, 5.41) is 16.0. The molecule has 0 radical (unpaired) electrons. The van der Waals surface area contributed by atoms with Gasteiger partial charge in [0.05, 0.1) is 17.8 Å². The molecule has 1 saturated carbocycles. The first-order valence-corrected chi connectivity index (χ1v) is 7.74. The summed E-state index contributed by atoms with van der Waals surface area (Å²) in [7, 11) is 0. The van der Waals surface area contributed by atoms with E-state index in [0.29, 0.717) is 13.1 Å². The second-order valence-corrected chi connectivity index (χ2v) is 5.94. The lowest BCUT2D eigenvalue weighted by Crippen LogP contribution is -2.46. The van der Waals surface area contributed by atoms with Gasteiger partial charge in [0.2, 0.25) is 0 Å². The van der Waals surface area contributed by atoms with Crippen LogP contribution in [0, 0.1) is 6.92 Å². The zero-order chi connectivity index (χ0) is 15.1. The molecule has 0 bridgehead atoms. The molecule has 0 atom stereocenters. The summed E-state index contributed by atoms with van der Waals surface area (Å²) >= 11 is 0. The standard InChI is InChI=1S/C16H25N3O2/c1-13-7-6-10-17-14(13)11-18-15(20)19-12-16(21)8-4-2-3-5-9-16/h6-7,10,21H,2-5,8-9,11-12H2,1H3,(H2,18,19,20). The van der Waals surface area contributed by atoms with Crippen LogP contribution in [0.25, 0.3) is 0 Å². The largest absolute Gasteiger partial charge is 0.388 e. The second kappa shape index (κ2) is 7.41. The predicted molar refractivity (Wildman–Crippen MR) is 81.9 cm³/mol. The molecule has 3 N–H and O–H groups in total. The molecule has 1 aliphatic carbocycles. The van der Waals surface area contributed by atoms with Gasteiger partial charge in [-0.1, -0.05) is 31.7 Å². The van der Waals surface area contributed by atoms with E-state index in [4.69, 9.17) is 0 Å². The van der Waals surface area contributed by atoms with Gasteiger partial charge in [0.1, 0.15) is 0 Å². The maximum atomic E-state index is 11.8. The van der Waals surface area contributed by atoms with Gasteiger partial charge in [0.15, 0.2) is 0 Å². The number of nitrogens with one attached hydrogen (secondary N) is 2. The van der Waals surface area contributed by atoms with Crippen LogP contribution in [0.2, 0.25) is 0 Å². The third-order valence-corrected chi connectivity index (χ3v) is 4.15. The average Bonchev–Trinajstić information content (AvgIpc) is 2.70. The maximum Gasteiger partial charge on any atom is 0.315 e. The van der Waals surface area contributed by atoms with Gasteiger partial charge in [0, 0.05) is 12.7 Å². The summed E-state index contributed by atoms with van der Waals surface area (Å²) in [6, 6.07) is 3.59. The number of urea groups is 1. The highest BCUT2D eigenvalue weighted by Gasteiger charge is 2.28. The normalized spacial score (nSPS) is 17.8. The number of pyridine rings is 1. The fourth-order valence-corrected chi connectivity index (χ4v) is 2.74. The van der Waals surface area contributed by atoms with E-state index in [1.54, 1.807) is 6.20 Å². The molecule has 1 heterocycles. The molecule has 116 valence electrons. The third kappa shape index (κ3) is 5.01. The van der Waals surface area contributed by atoms with Crippen molar-refractivity contribution < 1.29 is 9.90 Å². The van der Waals surface area contributed by atoms with Gasteiger partial charge in [-0.3, -0.25) is 4.98 Å². The fraction of sp³-hybridized carbons (Fsp3) is 0.625. The van der Waals surface area contributed by atoms with Gasteiger partial charge in [0.25, 0.3) is 0 Å². The molecular formula is C16H25N3O2. The summed E-state index contributed by atoms with van der Waals surface area (Å²) in [6.07, 6.45) is 7.68. The van der Waals surface area contributed by atoms with Crippen LogP contribution in [0.3, 0.4) is 0 Å². The Balaban J connectivity index is 1.75. The van der Waals surface area contributed by atoms with E-state index >= 15 is 0 Å². The SMILES string of the molecule is Cc1cccnc1CNC(=O)NCC1(O)CCCCCC1. The van der Waals surface area contributed by atoms with Crippen molar-refractivity contribution in [1.29, 1.82) is 0 Å². The highest BCUT2D eigenvalue weighted by Crippen LogP contribution is 2.26. The highest BCUT2D eigenvalue weighted by molar-refractivity contribution is 5.73. The molecule has 0 unspecified atom stereocenters. The summed E-state index contributed by atoms with van der Waals surface area (Å²) in [5.41, 5.74) is 1.18. The van der Waals surface area contributed by atoms with Crippen molar-refractivity contribution in [3.8, 4) is 0 Å². The van der Waals surface area contributed by atoms with E-state index in [1.807, 2.05) is 19.1 Å². The van der Waals surface area contributed by atoms with Crippen molar-refractivity contribution in [3.63, 3.8) is 0 Å². The zero-order valence-electron chi connectivity index (χ0n) is 12.7. The number of aromatic nitrogens is 1. The number of rotatable bonds is 4. The Morgan fingerprint density at radius 3 is 2.67 bits per heavy atom. The van der Waals surface area contributed by atoms with Crippen molar-refractivity contribution in [3.05, 3.63) is 29.6 Å². The lowest BCUT2D eigenvalue weighted by molar-refractivity contribution is 0.0276. The number of hydrogen-bond donors (Lipinski definition) is 3. The fourth-order valence-electron chi connectivity index (χ4n) is 2.74. The number of hydrogen-bond acceptors (Lipinski definition) is 3. The van der Waals surface area contributed by atoms with Crippen molar-refractivity contribution in [2.75, 3.05) is 6.54 Å². The molecule has 1 aromatic rings. The minimum atomic E-state index is -0.741. The lowest BCUT2D eigenvalue weighted by Gasteiger charge is -2.26. The van der Waals surface area contributed by atoms with E-state index < -0.39 is 5.60 Å². The van der Waals surface area contributed by atoms with Crippen LogP contribution in [0.4, 0.5) is 4.79 Å². The number of carbonyl (C=O) groups excluding carboxylic acids is 1. The number of aryl methyl sites for hydroxylation is 1. The topological polar surface area (TPSA) is 74.2 Å². The lowest BCUT2D eigenvalue weighted by atomic mass is 9.95. The summed E-state index contributed by atoms with van der Waals surface area (Å²) in [4.78, 5) is 16.1. The van der Waals surface area contributed by atoms with E-state index in [-0.39, 0.29) is 6.03 Å². The minimum Gasteiger partial charge on any atom is -0.388 e. The van der Waals surface area contributed by atoms with Crippen molar-refractivity contribution >= 4 is 6.03 Å². The molecular weight excluding hydrogens is 266 g/mol. The zero-order valence-corrected chi connectivity index (χ0v) is 12.7. The molecule has 2 rings (SSSR count). The molecule has 1 fully saturated rings. The molecule has 0 spiro atoms. The van der Waals surface area contributed by atoms with Crippen molar-refractivity contribution in [2.45, 2.75) is 57.6 Å². The summed E-state index contributed by atoms with van der Waals surface area (Å²) in [6.45, 7) is 2.69. The van der Waals surface area contributed by atoms with Crippen LogP contribution >= 0.6 is 0 Å². The molecule has 1 aliphatic rings. The van der Waals surface area contributed by atoms with Crippen molar-refractivity contribution in [2.24, 2.45) is 0 Å². The average molecular weight is 291 g/mol. The first kappa shape index (κ1) is 15.8. The number of amides is 2. The van der Waals surface area contributed by atoms with Gasteiger partial charge < -0.3 is 15.7 Å². The monoisotopic (exact) mass is 291 g/mol. The Hall–Kier alpha value is -1.62.